The van der Waals surface area contributed by atoms with Gasteiger partial charge in [-0.25, -0.2) is 0 Å². The van der Waals surface area contributed by atoms with E-state index in [1.807, 2.05) is 0 Å². The molecule has 0 aliphatic carbocycles. The summed E-state index contributed by atoms with van der Waals surface area (Å²) in [4.78, 5) is 13.1. The summed E-state index contributed by atoms with van der Waals surface area (Å²) in [6.07, 6.45) is 0. The van der Waals surface area contributed by atoms with Gasteiger partial charge in [0, 0.05) is 12.1 Å². The molecule has 9 heteroatoms. The van der Waals surface area contributed by atoms with Crippen LogP contribution in [0.3, 0.4) is 0 Å². The van der Waals surface area contributed by atoms with Gasteiger partial charge in [-0.2, -0.15) is 0 Å². The smallest absolute Gasteiger partial charge is 0.239 e. The first-order valence-corrected chi connectivity index (χ1v) is 8.35. The molecule has 1 aromatic heterocycles. The zero-order valence-corrected chi connectivity index (χ0v) is 16.5. The zero-order valence-electron chi connectivity index (χ0n) is 16.5. The first-order valence-electron chi connectivity index (χ1n) is 8.35. The van der Waals surface area contributed by atoms with Gasteiger partial charge in [0.05, 0.1) is 41.1 Å². The van der Waals surface area contributed by atoms with Crippen LogP contribution in [0.4, 0.5) is 0 Å². The van der Waals surface area contributed by atoms with Crippen LogP contribution in [-0.2, 0) is 0 Å². The van der Waals surface area contributed by atoms with Crippen LogP contribution in [0, 0.1) is 0 Å². The second-order valence-electron chi connectivity index (χ2n) is 5.85. The van der Waals surface area contributed by atoms with Gasteiger partial charge in [-0.05, 0) is 6.07 Å². The molecule has 0 spiro atoms. The van der Waals surface area contributed by atoms with E-state index in [0.717, 1.165) is 0 Å². The number of benzene rings is 2. The van der Waals surface area contributed by atoms with Gasteiger partial charge in [-0.3, -0.25) is 4.79 Å². The monoisotopic (exact) mass is 404 g/mol. The number of rotatable bonds is 6. The molecule has 29 heavy (non-hydrogen) atoms. The standard InChI is InChI=1S/C20H20O9/c1-24-11-7-12(25-2)10(21)6-9(11)18-20(28-5)17(23)15-13(29-18)8-14(26-3)16(22)19(15)27-4/h6-8,21-22H,1-5H3. The fraction of sp³-hybridized carbons (Fsp3) is 0.250. The summed E-state index contributed by atoms with van der Waals surface area (Å²) in [7, 11) is 6.78. The first kappa shape index (κ1) is 20.0. The quantitative estimate of drug-likeness (QED) is 0.639. The van der Waals surface area contributed by atoms with E-state index in [1.165, 1.54) is 53.7 Å². The Morgan fingerprint density at radius 1 is 0.759 bits per heavy atom. The highest BCUT2D eigenvalue weighted by molar-refractivity contribution is 5.92. The van der Waals surface area contributed by atoms with Gasteiger partial charge in [0.15, 0.2) is 28.8 Å². The second kappa shape index (κ2) is 7.70. The van der Waals surface area contributed by atoms with Crippen molar-refractivity contribution in [2.45, 2.75) is 0 Å². The van der Waals surface area contributed by atoms with Crippen LogP contribution < -0.4 is 29.1 Å². The SMILES string of the molecule is COc1cc(OC)c(-c2oc3cc(OC)c(O)c(OC)c3c(=O)c2OC)cc1O. The lowest BCUT2D eigenvalue weighted by atomic mass is 10.1. The third-order valence-corrected chi connectivity index (χ3v) is 4.41. The van der Waals surface area contributed by atoms with E-state index < -0.39 is 5.43 Å². The van der Waals surface area contributed by atoms with Crippen molar-refractivity contribution in [3.63, 3.8) is 0 Å². The van der Waals surface area contributed by atoms with E-state index in [2.05, 4.69) is 0 Å². The van der Waals surface area contributed by atoms with Crippen LogP contribution in [0.5, 0.6) is 40.2 Å². The minimum absolute atomic E-state index is 0.00889. The molecule has 0 atom stereocenters. The summed E-state index contributed by atoms with van der Waals surface area (Å²) in [5.74, 6) is -0.282. The zero-order chi connectivity index (χ0) is 21.3. The predicted molar refractivity (Wildman–Crippen MR) is 104 cm³/mol. The molecule has 0 unspecified atom stereocenters. The lowest BCUT2D eigenvalue weighted by Gasteiger charge is -2.16. The van der Waals surface area contributed by atoms with Gasteiger partial charge < -0.3 is 38.3 Å². The number of aromatic hydroxyl groups is 2. The molecule has 3 aromatic rings. The van der Waals surface area contributed by atoms with Crippen LogP contribution >= 0.6 is 0 Å². The molecule has 2 N–H and O–H groups in total. The Bertz CT molecular complexity index is 1130. The molecule has 9 nitrogen and oxygen atoms in total. The number of fused-ring (bicyclic) bond motifs is 1. The molecular weight excluding hydrogens is 384 g/mol. The van der Waals surface area contributed by atoms with Crippen LogP contribution in [0.1, 0.15) is 0 Å². The number of hydrogen-bond donors (Lipinski definition) is 2. The van der Waals surface area contributed by atoms with Gasteiger partial charge in [-0.15, -0.1) is 0 Å². The normalized spacial score (nSPS) is 10.7. The van der Waals surface area contributed by atoms with E-state index in [4.69, 9.17) is 28.1 Å². The summed E-state index contributed by atoms with van der Waals surface area (Å²) < 4.78 is 32.0. The molecule has 3 rings (SSSR count). The van der Waals surface area contributed by atoms with Crippen LogP contribution in [0.15, 0.2) is 27.4 Å². The van der Waals surface area contributed by atoms with Crippen LogP contribution in [0.2, 0.25) is 0 Å². The van der Waals surface area contributed by atoms with E-state index >= 15 is 0 Å². The summed E-state index contributed by atoms with van der Waals surface area (Å²) >= 11 is 0. The topological polar surface area (TPSA) is 117 Å². The van der Waals surface area contributed by atoms with Gasteiger partial charge in [0.2, 0.25) is 16.9 Å². The van der Waals surface area contributed by atoms with Gasteiger partial charge in [0.1, 0.15) is 16.7 Å². The Morgan fingerprint density at radius 2 is 1.38 bits per heavy atom. The molecule has 154 valence electrons. The highest BCUT2D eigenvalue weighted by Crippen LogP contribution is 2.46. The van der Waals surface area contributed by atoms with Crippen LogP contribution in [-0.4, -0.2) is 45.8 Å². The minimum atomic E-state index is -0.587. The maximum Gasteiger partial charge on any atom is 0.239 e. The molecule has 0 aliphatic rings. The Hall–Kier alpha value is -3.75. The molecule has 0 saturated heterocycles. The van der Waals surface area contributed by atoms with E-state index in [0.29, 0.717) is 0 Å². The fourth-order valence-corrected chi connectivity index (χ4v) is 3.05. The predicted octanol–water partition coefficient (Wildman–Crippen LogP) is 2.91. The lowest BCUT2D eigenvalue weighted by molar-refractivity contribution is 0.341. The molecule has 0 aliphatic heterocycles. The number of ether oxygens (including phenoxy) is 5. The third-order valence-electron chi connectivity index (χ3n) is 4.41. The molecule has 2 aromatic carbocycles. The maximum absolute atomic E-state index is 13.1. The van der Waals surface area contributed by atoms with Crippen molar-refractivity contribution in [3.8, 4) is 51.6 Å². The number of hydrogen-bond acceptors (Lipinski definition) is 9. The molecule has 1 heterocycles. The van der Waals surface area contributed by atoms with Crippen molar-refractivity contribution in [3.05, 3.63) is 28.4 Å². The summed E-state index contributed by atoms with van der Waals surface area (Å²) in [6.45, 7) is 0. The van der Waals surface area contributed by atoms with E-state index in [1.54, 1.807) is 0 Å². The van der Waals surface area contributed by atoms with Crippen molar-refractivity contribution < 1.29 is 38.3 Å². The maximum atomic E-state index is 13.1. The van der Waals surface area contributed by atoms with Gasteiger partial charge in [0.25, 0.3) is 0 Å². The number of phenolic OH excluding ortho intramolecular Hbond substituents is 2. The summed E-state index contributed by atoms with van der Waals surface area (Å²) in [6, 6.07) is 4.14. The van der Waals surface area contributed by atoms with Crippen molar-refractivity contribution in [2.24, 2.45) is 0 Å². The number of methoxy groups -OCH3 is 5. The average Bonchev–Trinajstić information content (AvgIpc) is 2.73. The molecule has 0 fully saturated rings. The summed E-state index contributed by atoms with van der Waals surface area (Å²) in [5, 5.41) is 20.5. The second-order valence-corrected chi connectivity index (χ2v) is 5.85. The van der Waals surface area contributed by atoms with Gasteiger partial charge in [-0.1, -0.05) is 0 Å². The fourth-order valence-electron chi connectivity index (χ4n) is 3.05. The largest absolute Gasteiger partial charge is 0.504 e. The highest BCUT2D eigenvalue weighted by atomic mass is 16.5. The van der Waals surface area contributed by atoms with Crippen molar-refractivity contribution in [1.82, 2.24) is 0 Å². The molecular formula is C20H20O9. The molecule has 0 radical (unpaired) electrons. The summed E-state index contributed by atoms with van der Waals surface area (Å²) in [5.41, 5.74) is -0.252. The first-order chi connectivity index (χ1) is 13.9. The number of phenols is 2. The van der Waals surface area contributed by atoms with Crippen molar-refractivity contribution in [2.75, 3.05) is 35.5 Å². The molecule has 0 bridgehead atoms. The minimum Gasteiger partial charge on any atom is -0.504 e. The van der Waals surface area contributed by atoms with E-state index in [9.17, 15) is 15.0 Å². The van der Waals surface area contributed by atoms with Crippen molar-refractivity contribution >= 4 is 11.0 Å². The Balaban J connectivity index is 2.46. The Labute approximate surface area is 165 Å². The molecule has 0 saturated carbocycles. The van der Waals surface area contributed by atoms with Crippen molar-refractivity contribution in [1.29, 1.82) is 0 Å². The van der Waals surface area contributed by atoms with Gasteiger partial charge >= 0.3 is 0 Å². The van der Waals surface area contributed by atoms with E-state index in [-0.39, 0.29) is 62.5 Å². The average molecular weight is 404 g/mol. The third kappa shape index (κ3) is 3.10. The Morgan fingerprint density at radius 3 is 1.93 bits per heavy atom. The Kier molecular flexibility index (Phi) is 5.31. The lowest BCUT2D eigenvalue weighted by Crippen LogP contribution is -2.09. The molecule has 0 amide bonds. The highest BCUT2D eigenvalue weighted by Gasteiger charge is 2.26. The van der Waals surface area contributed by atoms with Crippen LogP contribution in [0.25, 0.3) is 22.3 Å².